The number of benzene rings is 1. The molecule has 1 heterocycles. The van der Waals surface area contributed by atoms with Crippen LogP contribution in [0, 0.1) is 6.92 Å². The first-order valence-corrected chi connectivity index (χ1v) is 8.84. The van der Waals surface area contributed by atoms with Gasteiger partial charge in [0.2, 0.25) is 0 Å². The number of hydrogen-bond donors (Lipinski definition) is 1. The molecule has 1 aromatic heterocycles. The minimum atomic E-state index is 0.328. The molecule has 0 radical (unpaired) electrons. The Bertz CT molecular complexity index is 657. The van der Waals surface area contributed by atoms with Gasteiger partial charge < -0.3 is 10.2 Å². The van der Waals surface area contributed by atoms with Crippen LogP contribution >= 0.6 is 0 Å². The predicted molar refractivity (Wildman–Crippen MR) is 97.7 cm³/mol. The van der Waals surface area contributed by atoms with E-state index in [-0.39, 0.29) is 0 Å². The highest BCUT2D eigenvalue weighted by molar-refractivity contribution is 5.83. The van der Waals surface area contributed by atoms with Crippen LogP contribution in [0.1, 0.15) is 43.2 Å². The highest BCUT2D eigenvalue weighted by Crippen LogP contribution is 2.31. The molecule has 0 spiro atoms. The van der Waals surface area contributed by atoms with E-state index in [0.717, 1.165) is 18.6 Å². The van der Waals surface area contributed by atoms with Gasteiger partial charge in [0.1, 0.15) is 0 Å². The molecule has 23 heavy (non-hydrogen) atoms. The van der Waals surface area contributed by atoms with Crippen LogP contribution in [0.2, 0.25) is 0 Å². The van der Waals surface area contributed by atoms with Crippen molar-refractivity contribution in [1.29, 1.82) is 0 Å². The number of hydrogen-bond acceptors (Lipinski definition) is 3. The van der Waals surface area contributed by atoms with Gasteiger partial charge >= 0.3 is 0 Å². The second-order valence-corrected chi connectivity index (χ2v) is 7.21. The summed E-state index contributed by atoms with van der Waals surface area (Å²) in [4.78, 5) is 6.93. The average Bonchev–Trinajstić information content (AvgIpc) is 2.57. The summed E-state index contributed by atoms with van der Waals surface area (Å²) in [5.74, 6) is 0. The third kappa shape index (κ3) is 3.41. The van der Waals surface area contributed by atoms with E-state index in [2.05, 4.69) is 54.4 Å². The Morgan fingerprint density at radius 3 is 2.65 bits per heavy atom. The van der Waals surface area contributed by atoms with Crippen LogP contribution in [0.25, 0.3) is 10.9 Å². The number of nitrogens with zero attached hydrogens (tertiary/aromatic N) is 2. The van der Waals surface area contributed by atoms with E-state index < -0.39 is 0 Å². The minimum absolute atomic E-state index is 0.328. The predicted octanol–water partition coefficient (Wildman–Crippen LogP) is 3.90. The molecule has 0 bridgehead atoms. The van der Waals surface area contributed by atoms with Crippen LogP contribution in [0.4, 0.5) is 0 Å². The van der Waals surface area contributed by atoms with E-state index in [1.807, 2.05) is 12.3 Å². The Morgan fingerprint density at radius 2 is 1.91 bits per heavy atom. The molecule has 0 aliphatic heterocycles. The van der Waals surface area contributed by atoms with E-state index in [1.165, 1.54) is 48.6 Å². The van der Waals surface area contributed by atoms with Gasteiger partial charge in [-0.25, -0.2) is 0 Å². The number of fused-ring (bicyclic) bond motifs is 1. The number of pyridine rings is 1. The maximum absolute atomic E-state index is 4.49. The van der Waals surface area contributed by atoms with Gasteiger partial charge in [-0.2, -0.15) is 0 Å². The summed E-state index contributed by atoms with van der Waals surface area (Å²) in [7, 11) is 4.47. The number of aromatic nitrogens is 1. The van der Waals surface area contributed by atoms with Crippen LogP contribution < -0.4 is 5.32 Å². The van der Waals surface area contributed by atoms with Crippen molar-refractivity contribution >= 4 is 10.9 Å². The van der Waals surface area contributed by atoms with Gasteiger partial charge in [-0.1, -0.05) is 31.4 Å². The second-order valence-electron chi connectivity index (χ2n) is 7.21. The summed E-state index contributed by atoms with van der Waals surface area (Å²) in [5, 5.41) is 5.04. The lowest BCUT2D eigenvalue weighted by Gasteiger charge is -2.43. The molecule has 1 N–H and O–H groups in total. The van der Waals surface area contributed by atoms with E-state index in [0.29, 0.717) is 5.54 Å². The fourth-order valence-corrected chi connectivity index (χ4v) is 3.97. The molecule has 2 aromatic rings. The van der Waals surface area contributed by atoms with Crippen molar-refractivity contribution < 1.29 is 0 Å². The third-order valence-electron chi connectivity index (χ3n) is 5.62. The van der Waals surface area contributed by atoms with Gasteiger partial charge in [-0.3, -0.25) is 4.98 Å². The largest absolute Gasteiger partial charge is 0.311 e. The Labute approximate surface area is 140 Å². The molecule has 1 aliphatic carbocycles. The van der Waals surface area contributed by atoms with E-state index in [1.54, 1.807) is 0 Å². The lowest BCUT2D eigenvalue weighted by atomic mass is 9.80. The summed E-state index contributed by atoms with van der Waals surface area (Å²) in [6, 6.07) is 8.54. The highest BCUT2D eigenvalue weighted by atomic mass is 15.2. The van der Waals surface area contributed by atoms with Crippen LogP contribution in [-0.2, 0) is 6.54 Å². The van der Waals surface area contributed by atoms with Gasteiger partial charge in [0.05, 0.1) is 5.52 Å². The fourth-order valence-electron chi connectivity index (χ4n) is 3.97. The van der Waals surface area contributed by atoms with E-state index in [4.69, 9.17) is 0 Å². The number of rotatable bonds is 5. The summed E-state index contributed by atoms with van der Waals surface area (Å²) in [6.07, 6.45) is 8.60. The summed E-state index contributed by atoms with van der Waals surface area (Å²) in [6.45, 7) is 4.19. The first-order chi connectivity index (χ1) is 11.1. The highest BCUT2D eigenvalue weighted by Gasteiger charge is 2.33. The monoisotopic (exact) mass is 311 g/mol. The Morgan fingerprint density at radius 1 is 1.13 bits per heavy atom. The fraction of sp³-hybridized carbons (Fsp3) is 0.550. The molecule has 1 aliphatic rings. The molecule has 0 unspecified atom stereocenters. The number of nitrogens with one attached hydrogen (secondary N) is 1. The van der Waals surface area contributed by atoms with Gasteiger partial charge in [-0.05, 0) is 57.1 Å². The minimum Gasteiger partial charge on any atom is -0.311 e. The molecule has 0 saturated heterocycles. The quantitative estimate of drug-likeness (QED) is 0.908. The first-order valence-electron chi connectivity index (χ1n) is 8.84. The third-order valence-corrected chi connectivity index (χ3v) is 5.62. The average molecular weight is 311 g/mol. The maximum atomic E-state index is 4.49. The topological polar surface area (TPSA) is 28.2 Å². The van der Waals surface area contributed by atoms with Gasteiger partial charge in [-0.15, -0.1) is 0 Å². The standard InChI is InChI=1S/C20H29N3/c1-16-9-10-19-17(8-7-13-22-19)18(16)14-21-15-20(23(2)3)11-5-4-6-12-20/h7-10,13,21H,4-6,11-12,14-15H2,1-3H3. The Balaban J connectivity index is 1.74. The smallest absolute Gasteiger partial charge is 0.0705 e. The van der Waals surface area contributed by atoms with Crippen molar-refractivity contribution in [3.8, 4) is 0 Å². The molecule has 0 atom stereocenters. The van der Waals surface area contributed by atoms with Crippen LogP contribution in [-0.4, -0.2) is 36.1 Å². The zero-order chi connectivity index (χ0) is 16.3. The van der Waals surface area contributed by atoms with Gasteiger partial charge in [0.15, 0.2) is 0 Å². The lowest BCUT2D eigenvalue weighted by molar-refractivity contribution is 0.0984. The molecule has 3 rings (SSSR count). The molecule has 3 nitrogen and oxygen atoms in total. The summed E-state index contributed by atoms with van der Waals surface area (Å²) in [5.41, 5.74) is 4.16. The molecule has 0 amide bonds. The Hall–Kier alpha value is -1.45. The molecular weight excluding hydrogens is 282 g/mol. The number of likely N-dealkylation sites (N-methyl/N-ethyl adjacent to an activating group) is 1. The SMILES string of the molecule is Cc1ccc2ncccc2c1CNCC1(N(C)C)CCCCC1. The molecule has 3 heteroatoms. The van der Waals surface area contributed by atoms with Crippen LogP contribution in [0.5, 0.6) is 0 Å². The van der Waals surface area contributed by atoms with Gasteiger partial charge in [0, 0.05) is 30.2 Å². The second kappa shape index (κ2) is 6.98. The molecule has 124 valence electrons. The zero-order valence-electron chi connectivity index (χ0n) is 14.7. The Kier molecular flexibility index (Phi) is 4.98. The zero-order valence-corrected chi connectivity index (χ0v) is 14.7. The lowest BCUT2D eigenvalue weighted by Crippen LogP contribution is -2.52. The molecular formula is C20H29N3. The number of aryl methyl sites for hydroxylation is 1. The first kappa shape index (κ1) is 16.4. The van der Waals surface area contributed by atoms with Crippen LogP contribution in [0.15, 0.2) is 30.5 Å². The summed E-state index contributed by atoms with van der Waals surface area (Å²) < 4.78 is 0. The van der Waals surface area contributed by atoms with Crippen molar-refractivity contribution in [2.75, 3.05) is 20.6 Å². The van der Waals surface area contributed by atoms with Crippen molar-refractivity contribution in [3.05, 3.63) is 41.6 Å². The maximum Gasteiger partial charge on any atom is 0.0705 e. The van der Waals surface area contributed by atoms with Crippen molar-refractivity contribution in [1.82, 2.24) is 15.2 Å². The van der Waals surface area contributed by atoms with Gasteiger partial charge in [0.25, 0.3) is 0 Å². The van der Waals surface area contributed by atoms with E-state index >= 15 is 0 Å². The van der Waals surface area contributed by atoms with E-state index in [9.17, 15) is 0 Å². The van der Waals surface area contributed by atoms with Crippen LogP contribution in [0.3, 0.4) is 0 Å². The summed E-state index contributed by atoms with van der Waals surface area (Å²) >= 11 is 0. The molecule has 1 fully saturated rings. The van der Waals surface area contributed by atoms with Crippen molar-refractivity contribution in [2.45, 2.75) is 51.1 Å². The molecule has 1 aromatic carbocycles. The molecule has 1 saturated carbocycles. The normalized spacial score (nSPS) is 17.7. The van der Waals surface area contributed by atoms with Crippen molar-refractivity contribution in [2.24, 2.45) is 0 Å². The van der Waals surface area contributed by atoms with Crippen molar-refractivity contribution in [3.63, 3.8) is 0 Å².